The van der Waals surface area contributed by atoms with Gasteiger partial charge in [0.2, 0.25) is 10.0 Å². The number of nitrogens with zero attached hydrogens (tertiary/aromatic N) is 1. The molecule has 0 spiro atoms. The lowest BCUT2D eigenvalue weighted by Crippen LogP contribution is -2.41. The number of alkyl halides is 4. The van der Waals surface area contributed by atoms with Crippen LogP contribution in [0.1, 0.15) is 11.1 Å². The molecule has 0 atom stereocenters. The molecule has 0 unspecified atom stereocenters. The highest BCUT2D eigenvalue weighted by Gasteiger charge is 2.41. The van der Waals surface area contributed by atoms with E-state index in [1.165, 1.54) is 23.8 Å². The topological polar surface area (TPSA) is 70.0 Å². The number of halogens is 4. The number of hydrogen-bond donors (Lipinski definition) is 1. The van der Waals surface area contributed by atoms with Crippen molar-refractivity contribution in [1.82, 2.24) is 4.72 Å². The van der Waals surface area contributed by atoms with Crippen molar-refractivity contribution in [2.45, 2.75) is 24.2 Å². The van der Waals surface area contributed by atoms with Crippen molar-refractivity contribution >= 4 is 10.0 Å². The van der Waals surface area contributed by atoms with Gasteiger partial charge in [-0.2, -0.15) is 14.0 Å². The van der Waals surface area contributed by atoms with E-state index >= 15 is 0 Å². The van der Waals surface area contributed by atoms with E-state index in [2.05, 4.69) is 0 Å². The SMILES string of the molecule is Cc1cc(C#N)ccc1S(=O)(=O)NCC(F)(F)C(F)F. The quantitative estimate of drug-likeness (QED) is 0.846. The van der Waals surface area contributed by atoms with Crippen LogP contribution in [0.25, 0.3) is 0 Å². The largest absolute Gasteiger partial charge is 0.320 e. The Kier molecular flexibility index (Phi) is 4.73. The van der Waals surface area contributed by atoms with Gasteiger partial charge in [0.1, 0.15) is 0 Å². The van der Waals surface area contributed by atoms with Crippen LogP contribution in [-0.4, -0.2) is 27.3 Å². The van der Waals surface area contributed by atoms with Crippen LogP contribution < -0.4 is 4.72 Å². The van der Waals surface area contributed by atoms with E-state index in [9.17, 15) is 26.0 Å². The van der Waals surface area contributed by atoms with Gasteiger partial charge in [-0.25, -0.2) is 21.9 Å². The van der Waals surface area contributed by atoms with Crippen LogP contribution in [0.2, 0.25) is 0 Å². The molecule has 0 amide bonds. The molecule has 1 aromatic carbocycles. The molecule has 0 aliphatic heterocycles. The summed E-state index contributed by atoms with van der Waals surface area (Å²) in [7, 11) is -4.36. The second-order valence-electron chi connectivity index (χ2n) is 3.98. The van der Waals surface area contributed by atoms with Crippen molar-refractivity contribution in [3.05, 3.63) is 29.3 Å². The van der Waals surface area contributed by atoms with Crippen LogP contribution in [0, 0.1) is 18.3 Å². The van der Waals surface area contributed by atoms with Gasteiger partial charge in [-0.3, -0.25) is 0 Å². The van der Waals surface area contributed by atoms with Gasteiger partial charge in [0, 0.05) is 0 Å². The minimum atomic E-state index is -4.45. The van der Waals surface area contributed by atoms with Crippen LogP contribution in [0.4, 0.5) is 17.6 Å². The van der Waals surface area contributed by atoms with Crippen LogP contribution in [0.5, 0.6) is 0 Å². The molecule has 0 aliphatic rings. The van der Waals surface area contributed by atoms with E-state index in [0.717, 1.165) is 6.07 Å². The maximum atomic E-state index is 12.7. The number of rotatable bonds is 5. The van der Waals surface area contributed by atoms with E-state index in [-0.39, 0.29) is 16.0 Å². The average molecular weight is 310 g/mol. The molecule has 0 radical (unpaired) electrons. The summed E-state index contributed by atoms with van der Waals surface area (Å²) in [6.07, 6.45) is -3.97. The fourth-order valence-corrected chi connectivity index (χ4v) is 2.63. The van der Waals surface area contributed by atoms with E-state index in [4.69, 9.17) is 5.26 Å². The molecular formula is C11H10F4N2O2S. The van der Waals surface area contributed by atoms with Crippen molar-refractivity contribution in [2.24, 2.45) is 0 Å². The summed E-state index contributed by atoms with van der Waals surface area (Å²) in [6.45, 7) is -0.340. The van der Waals surface area contributed by atoms with Crippen LogP contribution in [0.15, 0.2) is 23.1 Å². The van der Waals surface area contributed by atoms with Gasteiger partial charge in [-0.1, -0.05) is 0 Å². The summed E-state index contributed by atoms with van der Waals surface area (Å²) < 4.78 is 74.2. The molecule has 0 bridgehead atoms. The number of hydrogen-bond acceptors (Lipinski definition) is 3. The molecule has 9 heteroatoms. The zero-order valence-electron chi connectivity index (χ0n) is 10.2. The van der Waals surface area contributed by atoms with Crippen molar-refractivity contribution in [1.29, 1.82) is 5.26 Å². The summed E-state index contributed by atoms with van der Waals surface area (Å²) in [4.78, 5) is -0.346. The average Bonchev–Trinajstić information content (AvgIpc) is 2.36. The minimum Gasteiger partial charge on any atom is -0.207 e. The third-order valence-corrected chi connectivity index (χ3v) is 3.97. The molecule has 110 valence electrons. The first-order valence-electron chi connectivity index (χ1n) is 5.26. The van der Waals surface area contributed by atoms with Gasteiger partial charge in [-0.05, 0) is 30.7 Å². The van der Waals surface area contributed by atoms with Gasteiger partial charge in [0.15, 0.2) is 0 Å². The first-order chi connectivity index (χ1) is 9.10. The maximum Gasteiger partial charge on any atom is 0.320 e. The predicted octanol–water partition coefficient (Wildman–Crippen LogP) is 2.05. The maximum absolute atomic E-state index is 12.7. The number of aryl methyl sites for hydroxylation is 1. The Morgan fingerprint density at radius 2 is 2.00 bits per heavy atom. The molecular weight excluding hydrogens is 300 g/mol. The lowest BCUT2D eigenvalue weighted by atomic mass is 10.2. The molecule has 0 aromatic heterocycles. The molecule has 1 N–H and O–H groups in total. The molecule has 0 heterocycles. The lowest BCUT2D eigenvalue weighted by molar-refractivity contribution is -0.122. The normalized spacial score (nSPS) is 12.4. The summed E-state index contributed by atoms with van der Waals surface area (Å²) in [5, 5.41) is 8.63. The molecule has 1 rings (SSSR count). The molecule has 0 aliphatic carbocycles. The predicted molar refractivity (Wildman–Crippen MR) is 62.0 cm³/mol. The fraction of sp³-hybridized carbons (Fsp3) is 0.364. The van der Waals surface area contributed by atoms with Crippen LogP contribution >= 0.6 is 0 Å². The van der Waals surface area contributed by atoms with Crippen molar-refractivity contribution in [3.63, 3.8) is 0 Å². The van der Waals surface area contributed by atoms with E-state index in [0.29, 0.717) is 0 Å². The summed E-state index contributed by atoms with van der Waals surface area (Å²) in [6, 6.07) is 5.27. The number of benzene rings is 1. The minimum absolute atomic E-state index is 0.150. The zero-order valence-corrected chi connectivity index (χ0v) is 11.0. The van der Waals surface area contributed by atoms with Gasteiger partial charge in [0.25, 0.3) is 0 Å². The fourth-order valence-electron chi connectivity index (χ4n) is 1.37. The highest BCUT2D eigenvalue weighted by Crippen LogP contribution is 2.23. The Hall–Kier alpha value is -1.66. The second-order valence-corrected chi connectivity index (χ2v) is 5.71. The molecule has 4 nitrogen and oxygen atoms in total. The van der Waals surface area contributed by atoms with E-state index in [1.807, 2.05) is 0 Å². The smallest absolute Gasteiger partial charge is 0.207 e. The molecule has 0 saturated carbocycles. The lowest BCUT2D eigenvalue weighted by Gasteiger charge is -2.16. The van der Waals surface area contributed by atoms with Gasteiger partial charge in [0.05, 0.1) is 23.1 Å². The van der Waals surface area contributed by atoms with Crippen molar-refractivity contribution < 1.29 is 26.0 Å². The Morgan fingerprint density at radius 1 is 1.40 bits per heavy atom. The number of nitrogens with one attached hydrogen (secondary N) is 1. The van der Waals surface area contributed by atoms with Gasteiger partial charge < -0.3 is 0 Å². The third-order valence-electron chi connectivity index (χ3n) is 2.41. The number of nitriles is 1. The van der Waals surface area contributed by atoms with Crippen molar-refractivity contribution in [2.75, 3.05) is 6.54 Å². The van der Waals surface area contributed by atoms with Crippen LogP contribution in [-0.2, 0) is 10.0 Å². The van der Waals surface area contributed by atoms with Gasteiger partial charge in [-0.15, -0.1) is 0 Å². The Morgan fingerprint density at radius 3 is 2.45 bits per heavy atom. The van der Waals surface area contributed by atoms with Crippen LogP contribution in [0.3, 0.4) is 0 Å². The Labute approximate surface area is 113 Å². The zero-order chi connectivity index (χ0) is 15.6. The molecule has 0 fully saturated rings. The summed E-state index contributed by atoms with van der Waals surface area (Å²) >= 11 is 0. The molecule has 1 aromatic rings. The highest BCUT2D eigenvalue weighted by atomic mass is 32.2. The number of sulfonamides is 1. The van der Waals surface area contributed by atoms with E-state index in [1.54, 1.807) is 6.07 Å². The third kappa shape index (κ3) is 3.68. The van der Waals surface area contributed by atoms with E-state index < -0.39 is 28.9 Å². The summed E-state index contributed by atoms with van der Waals surface area (Å²) in [5.74, 6) is -4.45. The highest BCUT2D eigenvalue weighted by molar-refractivity contribution is 7.89. The standard InChI is InChI=1S/C11H10F4N2O2S/c1-7-4-8(5-16)2-3-9(7)20(18,19)17-6-11(14,15)10(12)13/h2-4,10,17H,6H2,1H3. The molecule has 20 heavy (non-hydrogen) atoms. The first kappa shape index (κ1) is 16.4. The van der Waals surface area contributed by atoms with Crippen molar-refractivity contribution in [3.8, 4) is 6.07 Å². The molecule has 0 saturated heterocycles. The first-order valence-corrected chi connectivity index (χ1v) is 6.75. The van der Waals surface area contributed by atoms with Gasteiger partial charge >= 0.3 is 12.3 Å². The Balaban J connectivity index is 2.99. The second kappa shape index (κ2) is 5.76. The Bertz CT molecular complexity index is 638. The summed E-state index contributed by atoms with van der Waals surface area (Å²) in [5.41, 5.74) is 0.344. The monoisotopic (exact) mass is 310 g/mol.